The molecule has 4 aromatic rings. The third-order valence-electron chi connectivity index (χ3n) is 4.81. The highest BCUT2D eigenvalue weighted by atomic mass is 79.9. The smallest absolute Gasteiger partial charge is 0.272 e. The van der Waals surface area contributed by atoms with Gasteiger partial charge < -0.3 is 9.47 Å². The zero-order chi connectivity index (χ0) is 22.3. The number of nitrogens with one attached hydrogen (secondary N) is 1. The van der Waals surface area contributed by atoms with Crippen molar-refractivity contribution < 1.29 is 14.3 Å². The maximum absolute atomic E-state index is 12.1. The number of hydrogen-bond donors (Lipinski definition) is 1. The predicted molar refractivity (Wildman–Crippen MR) is 128 cm³/mol. The van der Waals surface area contributed by atoms with Gasteiger partial charge in [-0.05, 0) is 62.1 Å². The van der Waals surface area contributed by atoms with Gasteiger partial charge in [-0.1, -0.05) is 42.5 Å². The van der Waals surface area contributed by atoms with Crippen LogP contribution in [0.15, 0.2) is 88.7 Å². The van der Waals surface area contributed by atoms with Crippen molar-refractivity contribution in [2.24, 2.45) is 5.10 Å². The second-order valence-electron chi connectivity index (χ2n) is 6.90. The van der Waals surface area contributed by atoms with E-state index in [0.29, 0.717) is 23.7 Å². The minimum Gasteiger partial charge on any atom is -0.493 e. The fourth-order valence-corrected chi connectivity index (χ4v) is 3.82. The third-order valence-corrected chi connectivity index (χ3v) is 5.40. The third kappa shape index (κ3) is 4.95. The quantitative estimate of drug-likeness (QED) is 0.280. The molecule has 0 bridgehead atoms. The number of nitrogens with zero attached hydrogens (tertiary/aromatic N) is 2. The van der Waals surface area contributed by atoms with Crippen LogP contribution in [0.1, 0.15) is 21.5 Å². The van der Waals surface area contributed by atoms with Crippen LogP contribution in [0.4, 0.5) is 0 Å². The number of carbonyl (C=O) groups is 1. The number of amides is 1. The number of carbonyl (C=O) groups excluding carboxylic acids is 1. The molecule has 0 saturated heterocycles. The van der Waals surface area contributed by atoms with Crippen molar-refractivity contribution in [1.82, 2.24) is 10.4 Å². The maximum Gasteiger partial charge on any atom is 0.272 e. The molecule has 0 radical (unpaired) electrons. The summed E-state index contributed by atoms with van der Waals surface area (Å²) in [5.41, 5.74) is 4.73. The van der Waals surface area contributed by atoms with E-state index < -0.39 is 0 Å². The van der Waals surface area contributed by atoms with Crippen molar-refractivity contribution >= 4 is 38.8 Å². The van der Waals surface area contributed by atoms with Gasteiger partial charge in [-0.2, -0.15) is 5.10 Å². The van der Waals surface area contributed by atoms with Gasteiger partial charge in [-0.3, -0.25) is 9.78 Å². The van der Waals surface area contributed by atoms with Crippen LogP contribution >= 0.6 is 15.9 Å². The van der Waals surface area contributed by atoms with Crippen molar-refractivity contribution in [1.29, 1.82) is 0 Å². The number of hydrazone groups is 1. The Morgan fingerprint density at radius 2 is 1.97 bits per heavy atom. The largest absolute Gasteiger partial charge is 0.493 e. The minimum atomic E-state index is -0.338. The molecule has 4 rings (SSSR count). The lowest BCUT2D eigenvalue weighted by molar-refractivity contribution is 0.0955. The van der Waals surface area contributed by atoms with E-state index in [4.69, 9.17) is 9.47 Å². The molecule has 0 saturated carbocycles. The monoisotopic (exact) mass is 489 g/mol. The molecule has 0 spiro atoms. The molecule has 0 aliphatic carbocycles. The van der Waals surface area contributed by atoms with E-state index in [1.165, 1.54) is 17.8 Å². The van der Waals surface area contributed by atoms with Crippen LogP contribution in [-0.4, -0.2) is 24.2 Å². The van der Waals surface area contributed by atoms with Gasteiger partial charge in [0.2, 0.25) is 0 Å². The number of methoxy groups -OCH3 is 1. The average molecular weight is 490 g/mol. The molecule has 160 valence electrons. The molecule has 3 aromatic carbocycles. The van der Waals surface area contributed by atoms with E-state index in [1.807, 2.05) is 24.3 Å². The maximum atomic E-state index is 12.1. The Bertz CT molecular complexity index is 1270. The van der Waals surface area contributed by atoms with Crippen LogP contribution in [0, 0.1) is 0 Å². The summed E-state index contributed by atoms with van der Waals surface area (Å²) in [5.74, 6) is 0.812. The van der Waals surface area contributed by atoms with Gasteiger partial charge in [-0.25, -0.2) is 5.43 Å². The fourth-order valence-electron chi connectivity index (χ4n) is 3.25. The van der Waals surface area contributed by atoms with E-state index in [-0.39, 0.29) is 5.91 Å². The SMILES string of the molecule is COc1cc(C=NNC(=O)c2cccnc2)cc(Br)c1OCc1cccc2ccccc12. The molecule has 0 aliphatic rings. The first-order valence-electron chi connectivity index (χ1n) is 9.86. The number of hydrogen-bond acceptors (Lipinski definition) is 5. The van der Waals surface area contributed by atoms with Crippen LogP contribution < -0.4 is 14.9 Å². The second-order valence-corrected chi connectivity index (χ2v) is 7.76. The normalized spacial score (nSPS) is 10.9. The van der Waals surface area contributed by atoms with Gasteiger partial charge in [0, 0.05) is 12.4 Å². The Labute approximate surface area is 194 Å². The van der Waals surface area contributed by atoms with Crippen molar-refractivity contribution in [3.05, 3.63) is 100 Å². The van der Waals surface area contributed by atoms with Gasteiger partial charge in [0.05, 0.1) is 23.4 Å². The highest BCUT2D eigenvalue weighted by molar-refractivity contribution is 9.10. The molecule has 0 atom stereocenters. The van der Waals surface area contributed by atoms with Crippen LogP contribution in [0.5, 0.6) is 11.5 Å². The summed E-state index contributed by atoms with van der Waals surface area (Å²) in [5, 5.41) is 6.34. The van der Waals surface area contributed by atoms with Crippen LogP contribution in [0.2, 0.25) is 0 Å². The Balaban J connectivity index is 1.49. The molecule has 1 heterocycles. The number of pyridine rings is 1. The van der Waals surface area contributed by atoms with E-state index in [1.54, 1.807) is 31.5 Å². The Kier molecular flexibility index (Phi) is 6.77. The van der Waals surface area contributed by atoms with E-state index in [0.717, 1.165) is 21.0 Å². The second kappa shape index (κ2) is 10.1. The predicted octanol–water partition coefficient (Wildman–Crippen LogP) is 5.35. The fraction of sp³-hybridized carbons (Fsp3) is 0.0800. The number of rotatable bonds is 7. The Hall–Kier alpha value is -3.71. The minimum absolute atomic E-state index is 0.338. The first kappa shape index (κ1) is 21.5. The number of halogens is 1. The highest BCUT2D eigenvalue weighted by Gasteiger charge is 2.12. The first-order valence-corrected chi connectivity index (χ1v) is 10.7. The molecule has 32 heavy (non-hydrogen) atoms. The lowest BCUT2D eigenvalue weighted by atomic mass is 10.1. The van der Waals surface area contributed by atoms with Crippen molar-refractivity contribution in [2.45, 2.75) is 6.61 Å². The summed E-state index contributed by atoms with van der Waals surface area (Å²) in [7, 11) is 1.58. The van der Waals surface area contributed by atoms with E-state index in [9.17, 15) is 4.79 Å². The zero-order valence-electron chi connectivity index (χ0n) is 17.3. The van der Waals surface area contributed by atoms with Gasteiger partial charge in [-0.15, -0.1) is 0 Å². The standard InChI is InChI=1S/C25H20BrN3O3/c1-31-23-13-17(14-28-29-25(30)19-9-5-11-27-15-19)12-22(26)24(23)32-16-20-8-4-7-18-6-2-3-10-21(18)20/h2-15H,16H2,1H3,(H,29,30). The molecule has 0 aliphatic heterocycles. The van der Waals surface area contributed by atoms with Gasteiger partial charge in [0.25, 0.3) is 5.91 Å². The molecule has 1 N–H and O–H groups in total. The van der Waals surface area contributed by atoms with Crippen LogP contribution in [-0.2, 0) is 6.61 Å². The Morgan fingerprint density at radius 3 is 2.78 bits per heavy atom. The molecule has 1 amide bonds. The zero-order valence-corrected chi connectivity index (χ0v) is 18.9. The van der Waals surface area contributed by atoms with Gasteiger partial charge >= 0.3 is 0 Å². The highest BCUT2D eigenvalue weighted by Crippen LogP contribution is 2.37. The first-order chi connectivity index (χ1) is 15.7. The van der Waals surface area contributed by atoms with E-state index in [2.05, 4.69) is 55.7 Å². The molecule has 6 nitrogen and oxygen atoms in total. The summed E-state index contributed by atoms with van der Waals surface area (Å²) in [6.45, 7) is 0.394. The Morgan fingerprint density at radius 1 is 1.12 bits per heavy atom. The summed E-state index contributed by atoms with van der Waals surface area (Å²) >= 11 is 3.56. The van der Waals surface area contributed by atoms with E-state index >= 15 is 0 Å². The summed E-state index contributed by atoms with van der Waals surface area (Å²) in [4.78, 5) is 16.0. The summed E-state index contributed by atoms with van der Waals surface area (Å²) in [6, 6.07) is 21.4. The van der Waals surface area contributed by atoms with Crippen molar-refractivity contribution in [2.75, 3.05) is 7.11 Å². The molecule has 1 aromatic heterocycles. The van der Waals surface area contributed by atoms with Crippen molar-refractivity contribution in [3.8, 4) is 11.5 Å². The topological polar surface area (TPSA) is 72.8 Å². The molecule has 0 unspecified atom stereocenters. The number of ether oxygens (including phenoxy) is 2. The molecular formula is C25H20BrN3O3. The lowest BCUT2D eigenvalue weighted by Crippen LogP contribution is -2.17. The van der Waals surface area contributed by atoms with Crippen molar-refractivity contribution in [3.63, 3.8) is 0 Å². The van der Waals surface area contributed by atoms with Gasteiger partial charge in [0.1, 0.15) is 6.61 Å². The number of benzene rings is 3. The summed E-state index contributed by atoms with van der Waals surface area (Å²) < 4.78 is 12.4. The van der Waals surface area contributed by atoms with Crippen LogP contribution in [0.25, 0.3) is 10.8 Å². The average Bonchev–Trinajstić information content (AvgIpc) is 2.83. The summed E-state index contributed by atoms with van der Waals surface area (Å²) in [6.07, 6.45) is 4.62. The molecule has 7 heteroatoms. The number of aromatic nitrogens is 1. The lowest BCUT2D eigenvalue weighted by Gasteiger charge is -2.14. The molecular weight excluding hydrogens is 470 g/mol. The van der Waals surface area contributed by atoms with Gasteiger partial charge in [0.15, 0.2) is 11.5 Å². The van der Waals surface area contributed by atoms with Crippen LogP contribution in [0.3, 0.4) is 0 Å². The number of fused-ring (bicyclic) bond motifs is 1. The molecule has 0 fully saturated rings.